The first-order valence-electron chi connectivity index (χ1n) is 4.36. The zero-order valence-corrected chi connectivity index (χ0v) is 7.51. The molecular weight excluding hydrogens is 169 g/mol. The van der Waals surface area contributed by atoms with E-state index in [4.69, 9.17) is 4.74 Å². The third-order valence-electron chi connectivity index (χ3n) is 2.12. The minimum absolute atomic E-state index is 0.197. The Morgan fingerprint density at radius 2 is 2.23 bits per heavy atom. The number of rotatable bonds is 2. The van der Waals surface area contributed by atoms with Crippen molar-refractivity contribution in [1.29, 1.82) is 0 Å². The summed E-state index contributed by atoms with van der Waals surface area (Å²) in [6, 6.07) is 5.33. The van der Waals surface area contributed by atoms with E-state index in [-0.39, 0.29) is 11.9 Å². The third kappa shape index (κ3) is 1.80. The Labute approximate surface area is 76.7 Å². The quantitative estimate of drug-likeness (QED) is 0.752. The van der Waals surface area contributed by atoms with Crippen molar-refractivity contribution in [1.82, 2.24) is 0 Å². The lowest BCUT2D eigenvalue weighted by molar-refractivity contribution is 0.0210. The van der Waals surface area contributed by atoms with Crippen LogP contribution in [0.3, 0.4) is 0 Å². The Morgan fingerprint density at radius 3 is 2.85 bits per heavy atom. The minimum atomic E-state index is -0.197. The molecule has 3 heteroatoms. The van der Waals surface area contributed by atoms with Gasteiger partial charge in [-0.05, 0) is 24.6 Å². The molecule has 2 nitrogen and oxygen atoms in total. The lowest BCUT2D eigenvalue weighted by atomic mass is 10.2. The van der Waals surface area contributed by atoms with E-state index < -0.39 is 0 Å². The molecule has 0 aromatic heterocycles. The van der Waals surface area contributed by atoms with Crippen LogP contribution in [0.15, 0.2) is 18.2 Å². The maximum absolute atomic E-state index is 13.2. The monoisotopic (exact) mass is 181 g/mol. The second-order valence-electron chi connectivity index (χ2n) is 3.36. The first kappa shape index (κ1) is 8.51. The van der Waals surface area contributed by atoms with Crippen molar-refractivity contribution in [2.24, 2.45) is 0 Å². The van der Waals surface area contributed by atoms with E-state index in [0.717, 1.165) is 5.56 Å². The molecule has 0 spiro atoms. The summed E-state index contributed by atoms with van der Waals surface area (Å²) in [5.74, 6) is -0.197. The molecule has 1 aromatic carbocycles. The minimum Gasteiger partial charge on any atom is -0.377 e. The summed E-state index contributed by atoms with van der Waals surface area (Å²) in [5, 5.41) is 3.09. The topological polar surface area (TPSA) is 21.3 Å². The maximum atomic E-state index is 13.2. The summed E-state index contributed by atoms with van der Waals surface area (Å²) in [4.78, 5) is 0. The molecule has 0 radical (unpaired) electrons. The fourth-order valence-corrected chi connectivity index (χ4v) is 1.29. The van der Waals surface area contributed by atoms with Crippen LogP contribution in [0.25, 0.3) is 0 Å². The van der Waals surface area contributed by atoms with Gasteiger partial charge in [0.1, 0.15) is 5.82 Å². The average molecular weight is 181 g/mol. The summed E-state index contributed by atoms with van der Waals surface area (Å²) in [5.41, 5.74) is 1.64. The fraction of sp³-hybridized carbons (Fsp3) is 0.400. The molecule has 0 unspecified atom stereocenters. The van der Waals surface area contributed by atoms with Gasteiger partial charge in [-0.1, -0.05) is 6.07 Å². The zero-order chi connectivity index (χ0) is 9.26. The molecule has 1 saturated heterocycles. The van der Waals surface area contributed by atoms with Gasteiger partial charge in [0.25, 0.3) is 0 Å². The van der Waals surface area contributed by atoms with Gasteiger partial charge in [0.2, 0.25) is 0 Å². The first-order valence-corrected chi connectivity index (χ1v) is 4.36. The molecule has 70 valence electrons. The van der Waals surface area contributed by atoms with Crippen LogP contribution in [0.1, 0.15) is 5.56 Å². The highest BCUT2D eigenvalue weighted by Crippen LogP contribution is 2.18. The largest absolute Gasteiger partial charge is 0.377 e. The van der Waals surface area contributed by atoms with Crippen LogP contribution in [0.2, 0.25) is 0 Å². The first-order chi connectivity index (χ1) is 6.25. The van der Waals surface area contributed by atoms with E-state index in [1.165, 1.54) is 6.07 Å². The molecule has 0 aliphatic carbocycles. The van der Waals surface area contributed by atoms with Crippen molar-refractivity contribution >= 4 is 5.69 Å². The molecule has 1 aliphatic heterocycles. The standard InChI is InChI=1S/C10H12FNO/c1-7-2-3-9(11)10(4-7)12-8-5-13-6-8/h2-4,8,12H,5-6H2,1H3. The van der Waals surface area contributed by atoms with E-state index in [9.17, 15) is 4.39 Å². The summed E-state index contributed by atoms with van der Waals surface area (Å²) in [6.07, 6.45) is 0. The van der Waals surface area contributed by atoms with Gasteiger partial charge in [-0.2, -0.15) is 0 Å². The lowest BCUT2D eigenvalue weighted by Gasteiger charge is -2.28. The number of halogens is 1. The zero-order valence-electron chi connectivity index (χ0n) is 7.51. The Hall–Kier alpha value is -1.09. The van der Waals surface area contributed by atoms with E-state index in [1.54, 1.807) is 6.07 Å². The van der Waals surface area contributed by atoms with Crippen molar-refractivity contribution in [3.8, 4) is 0 Å². The molecule has 1 aliphatic rings. The number of benzene rings is 1. The molecule has 1 fully saturated rings. The van der Waals surface area contributed by atoms with Crippen molar-refractivity contribution in [2.45, 2.75) is 13.0 Å². The van der Waals surface area contributed by atoms with Gasteiger partial charge in [-0.3, -0.25) is 0 Å². The highest BCUT2D eigenvalue weighted by Gasteiger charge is 2.18. The van der Waals surface area contributed by atoms with Crippen molar-refractivity contribution < 1.29 is 9.13 Å². The van der Waals surface area contributed by atoms with Crippen LogP contribution >= 0.6 is 0 Å². The van der Waals surface area contributed by atoms with Gasteiger partial charge in [0.15, 0.2) is 0 Å². The fourth-order valence-electron chi connectivity index (χ4n) is 1.29. The molecule has 2 rings (SSSR count). The number of hydrogen-bond donors (Lipinski definition) is 1. The molecule has 1 N–H and O–H groups in total. The maximum Gasteiger partial charge on any atom is 0.146 e. The van der Waals surface area contributed by atoms with Crippen LogP contribution in [0.5, 0.6) is 0 Å². The molecule has 0 saturated carbocycles. The summed E-state index contributed by atoms with van der Waals surface area (Å²) >= 11 is 0. The number of nitrogens with one attached hydrogen (secondary N) is 1. The van der Waals surface area contributed by atoms with Crippen LogP contribution < -0.4 is 5.32 Å². The lowest BCUT2D eigenvalue weighted by Crippen LogP contribution is -2.40. The van der Waals surface area contributed by atoms with Gasteiger partial charge in [0.05, 0.1) is 24.9 Å². The number of anilines is 1. The highest BCUT2D eigenvalue weighted by atomic mass is 19.1. The molecule has 1 aromatic rings. The smallest absolute Gasteiger partial charge is 0.146 e. The van der Waals surface area contributed by atoms with Crippen molar-refractivity contribution in [2.75, 3.05) is 18.5 Å². The number of aryl methyl sites for hydroxylation is 1. The van der Waals surface area contributed by atoms with E-state index >= 15 is 0 Å². The molecule has 0 atom stereocenters. The predicted octanol–water partition coefficient (Wildman–Crippen LogP) is 1.94. The van der Waals surface area contributed by atoms with Crippen molar-refractivity contribution in [3.63, 3.8) is 0 Å². The van der Waals surface area contributed by atoms with Crippen LogP contribution in [0.4, 0.5) is 10.1 Å². The van der Waals surface area contributed by atoms with Gasteiger partial charge < -0.3 is 10.1 Å². The molecule has 1 heterocycles. The predicted molar refractivity (Wildman–Crippen MR) is 49.4 cm³/mol. The molecule has 0 bridgehead atoms. The Bertz CT molecular complexity index is 310. The second kappa shape index (κ2) is 3.34. The Morgan fingerprint density at radius 1 is 1.46 bits per heavy atom. The molecule has 0 amide bonds. The van der Waals surface area contributed by atoms with Crippen LogP contribution in [-0.4, -0.2) is 19.3 Å². The van der Waals surface area contributed by atoms with E-state index in [1.807, 2.05) is 13.0 Å². The van der Waals surface area contributed by atoms with E-state index in [0.29, 0.717) is 18.9 Å². The van der Waals surface area contributed by atoms with Gasteiger partial charge in [-0.25, -0.2) is 4.39 Å². The normalized spacial score (nSPS) is 16.8. The SMILES string of the molecule is Cc1ccc(F)c(NC2COC2)c1. The number of hydrogen-bond acceptors (Lipinski definition) is 2. The van der Waals surface area contributed by atoms with Crippen LogP contribution in [0, 0.1) is 12.7 Å². The summed E-state index contributed by atoms with van der Waals surface area (Å²) in [7, 11) is 0. The molecule has 13 heavy (non-hydrogen) atoms. The molecular formula is C10H12FNO. The second-order valence-corrected chi connectivity index (χ2v) is 3.36. The third-order valence-corrected chi connectivity index (χ3v) is 2.12. The average Bonchev–Trinajstić information content (AvgIpc) is 2.03. The van der Waals surface area contributed by atoms with E-state index in [2.05, 4.69) is 5.32 Å². The van der Waals surface area contributed by atoms with Crippen LogP contribution in [-0.2, 0) is 4.74 Å². The van der Waals surface area contributed by atoms with Crippen molar-refractivity contribution in [3.05, 3.63) is 29.6 Å². The van der Waals surface area contributed by atoms with Gasteiger partial charge >= 0.3 is 0 Å². The summed E-state index contributed by atoms with van der Waals surface area (Å²) in [6.45, 7) is 3.29. The van der Waals surface area contributed by atoms with Gasteiger partial charge in [-0.15, -0.1) is 0 Å². The number of ether oxygens (including phenoxy) is 1. The highest BCUT2D eigenvalue weighted by molar-refractivity contribution is 5.48. The van der Waals surface area contributed by atoms with Gasteiger partial charge in [0, 0.05) is 0 Å². The summed E-state index contributed by atoms with van der Waals surface area (Å²) < 4.78 is 18.2. The Balaban J connectivity index is 2.13. The Kier molecular flexibility index (Phi) is 2.19.